The first-order valence-electron chi connectivity index (χ1n) is 11.9. The maximum atomic E-state index is 13.6. The van der Waals surface area contributed by atoms with Gasteiger partial charge >= 0.3 is 0 Å². The van der Waals surface area contributed by atoms with E-state index in [0.29, 0.717) is 5.91 Å². The maximum Gasteiger partial charge on any atom is 0.228 e. The number of benzene rings is 2. The molecule has 156 valence electrons. The number of carbonyl (C=O) groups excluding carboxylic acids is 1. The van der Waals surface area contributed by atoms with Gasteiger partial charge in [0.2, 0.25) is 5.91 Å². The van der Waals surface area contributed by atoms with Crippen LogP contribution in [0.25, 0.3) is 11.1 Å². The molecule has 0 unspecified atom stereocenters. The fourth-order valence-corrected chi connectivity index (χ4v) is 7.39. The Morgan fingerprint density at radius 2 is 1.33 bits per heavy atom. The second-order valence-corrected chi connectivity index (χ2v) is 10.4. The Kier molecular flexibility index (Phi) is 4.40. The fraction of sp³-hybridized carbons (Fsp3) is 0.519. The van der Waals surface area contributed by atoms with Crippen LogP contribution < -0.4 is 4.90 Å². The number of rotatable bonds is 3. The van der Waals surface area contributed by atoms with Crippen molar-refractivity contribution in [2.45, 2.75) is 38.5 Å². The van der Waals surface area contributed by atoms with E-state index < -0.39 is 0 Å². The van der Waals surface area contributed by atoms with Crippen LogP contribution in [-0.2, 0) is 4.79 Å². The molecule has 0 spiro atoms. The predicted molar refractivity (Wildman–Crippen MR) is 121 cm³/mol. The van der Waals surface area contributed by atoms with Gasteiger partial charge in [0.1, 0.15) is 0 Å². The summed E-state index contributed by atoms with van der Waals surface area (Å²) in [5, 5.41) is 0. The van der Waals surface area contributed by atoms with E-state index >= 15 is 0 Å². The summed E-state index contributed by atoms with van der Waals surface area (Å²) in [6.45, 7) is 3.62. The monoisotopic (exact) mass is 400 g/mol. The minimum Gasteiger partial charge on any atom is -0.368 e. The van der Waals surface area contributed by atoms with Crippen LogP contribution in [0.2, 0.25) is 0 Å². The van der Waals surface area contributed by atoms with Gasteiger partial charge in [0.25, 0.3) is 0 Å². The molecule has 5 aliphatic rings. The quantitative estimate of drug-likeness (QED) is 0.705. The Labute approximate surface area is 180 Å². The summed E-state index contributed by atoms with van der Waals surface area (Å²) in [6.07, 6.45) is 7.74. The van der Waals surface area contributed by atoms with Crippen molar-refractivity contribution >= 4 is 11.6 Å². The smallest absolute Gasteiger partial charge is 0.228 e. The Bertz CT molecular complexity index is 894. The molecule has 4 bridgehead atoms. The third-order valence-electron chi connectivity index (χ3n) is 8.38. The molecule has 0 radical (unpaired) electrons. The molecule has 0 atom stereocenters. The van der Waals surface area contributed by atoms with Gasteiger partial charge in [-0.05, 0) is 79.5 Å². The van der Waals surface area contributed by atoms with Crippen LogP contribution >= 0.6 is 0 Å². The highest BCUT2D eigenvalue weighted by Crippen LogP contribution is 2.60. The molecule has 30 heavy (non-hydrogen) atoms. The predicted octanol–water partition coefficient (Wildman–Crippen LogP) is 5.22. The van der Waals surface area contributed by atoms with Crippen molar-refractivity contribution in [3.63, 3.8) is 0 Å². The van der Waals surface area contributed by atoms with Crippen molar-refractivity contribution in [2.24, 2.45) is 23.2 Å². The zero-order chi connectivity index (χ0) is 20.1. The molecular formula is C27H32N2O. The second kappa shape index (κ2) is 7.14. The highest BCUT2D eigenvalue weighted by atomic mass is 16.2. The summed E-state index contributed by atoms with van der Waals surface area (Å²) in [5.74, 6) is 3.01. The lowest BCUT2D eigenvalue weighted by atomic mass is 9.49. The number of piperazine rings is 1. The van der Waals surface area contributed by atoms with E-state index in [0.717, 1.165) is 43.9 Å². The Hall–Kier alpha value is -2.29. The van der Waals surface area contributed by atoms with E-state index in [2.05, 4.69) is 64.4 Å². The van der Waals surface area contributed by atoms with E-state index in [-0.39, 0.29) is 5.41 Å². The summed E-state index contributed by atoms with van der Waals surface area (Å²) < 4.78 is 0. The van der Waals surface area contributed by atoms with E-state index in [4.69, 9.17) is 0 Å². The van der Waals surface area contributed by atoms with Crippen LogP contribution in [0.15, 0.2) is 54.6 Å². The first-order valence-corrected chi connectivity index (χ1v) is 11.9. The number of carbonyl (C=O) groups is 1. The molecule has 0 N–H and O–H groups in total. The van der Waals surface area contributed by atoms with Gasteiger partial charge in [0.15, 0.2) is 0 Å². The molecule has 4 aliphatic carbocycles. The summed E-state index contributed by atoms with van der Waals surface area (Å²) in [6, 6.07) is 19.4. The molecule has 1 saturated heterocycles. The van der Waals surface area contributed by atoms with Crippen LogP contribution in [0.1, 0.15) is 38.5 Å². The molecule has 3 nitrogen and oxygen atoms in total. The Morgan fingerprint density at radius 1 is 0.733 bits per heavy atom. The van der Waals surface area contributed by atoms with Gasteiger partial charge in [-0.25, -0.2) is 0 Å². The molecule has 3 heteroatoms. The highest BCUT2D eigenvalue weighted by molar-refractivity contribution is 5.83. The number of nitrogens with zero attached hydrogens (tertiary/aromatic N) is 2. The van der Waals surface area contributed by atoms with Crippen LogP contribution in [0.4, 0.5) is 5.69 Å². The number of amides is 1. The first-order chi connectivity index (χ1) is 14.7. The van der Waals surface area contributed by atoms with Gasteiger partial charge in [-0.2, -0.15) is 0 Å². The third kappa shape index (κ3) is 3.14. The van der Waals surface area contributed by atoms with Crippen molar-refractivity contribution in [1.29, 1.82) is 0 Å². The van der Waals surface area contributed by atoms with E-state index in [1.807, 2.05) is 0 Å². The normalized spacial score (nSPS) is 32.5. The molecule has 1 amide bonds. The van der Waals surface area contributed by atoms with E-state index in [9.17, 15) is 4.79 Å². The van der Waals surface area contributed by atoms with Crippen molar-refractivity contribution in [1.82, 2.24) is 4.90 Å². The number of hydrogen-bond acceptors (Lipinski definition) is 2. The molecule has 7 rings (SSSR count). The first kappa shape index (κ1) is 18.5. The SMILES string of the molecule is O=C(N1CCN(c2cccc(-c3ccccc3)c2)CC1)C12CC3CC(CC(C3)C1)C2. The molecule has 2 aromatic carbocycles. The van der Waals surface area contributed by atoms with Crippen molar-refractivity contribution in [3.8, 4) is 11.1 Å². The van der Waals surface area contributed by atoms with Crippen LogP contribution in [-0.4, -0.2) is 37.0 Å². The average Bonchev–Trinajstić information content (AvgIpc) is 2.78. The van der Waals surface area contributed by atoms with Crippen LogP contribution in [0.5, 0.6) is 0 Å². The van der Waals surface area contributed by atoms with Gasteiger partial charge in [-0.1, -0.05) is 42.5 Å². The summed E-state index contributed by atoms with van der Waals surface area (Å²) in [7, 11) is 0. The zero-order valence-corrected chi connectivity index (χ0v) is 17.8. The largest absolute Gasteiger partial charge is 0.368 e. The minimum atomic E-state index is 0.00411. The standard InChI is InChI=1S/C27H32N2O/c30-26(27-17-20-13-21(18-27)15-22(14-20)19-27)29-11-9-28(10-12-29)25-8-4-7-24(16-25)23-5-2-1-3-6-23/h1-8,16,20-22H,9-15,17-19H2. The van der Waals surface area contributed by atoms with E-state index in [1.54, 1.807) is 0 Å². The van der Waals surface area contributed by atoms with Crippen LogP contribution in [0.3, 0.4) is 0 Å². The molecule has 1 heterocycles. The highest BCUT2D eigenvalue weighted by Gasteiger charge is 2.55. The molecule has 5 fully saturated rings. The molecule has 2 aromatic rings. The molecular weight excluding hydrogens is 368 g/mol. The maximum absolute atomic E-state index is 13.6. The second-order valence-electron chi connectivity index (χ2n) is 10.4. The third-order valence-corrected chi connectivity index (χ3v) is 8.38. The van der Waals surface area contributed by atoms with Gasteiger partial charge in [-0.3, -0.25) is 4.79 Å². The Morgan fingerprint density at radius 3 is 1.97 bits per heavy atom. The lowest BCUT2D eigenvalue weighted by Gasteiger charge is -2.57. The van der Waals surface area contributed by atoms with Crippen molar-refractivity contribution in [3.05, 3.63) is 54.6 Å². The molecule has 0 aromatic heterocycles. The zero-order valence-electron chi connectivity index (χ0n) is 17.8. The van der Waals surface area contributed by atoms with Crippen LogP contribution in [0, 0.1) is 23.2 Å². The van der Waals surface area contributed by atoms with Gasteiger partial charge < -0.3 is 9.80 Å². The average molecular weight is 401 g/mol. The topological polar surface area (TPSA) is 23.6 Å². The van der Waals surface area contributed by atoms with Crippen molar-refractivity contribution in [2.75, 3.05) is 31.1 Å². The van der Waals surface area contributed by atoms with Gasteiger partial charge in [0, 0.05) is 31.9 Å². The lowest BCUT2D eigenvalue weighted by Crippen LogP contribution is -2.58. The molecule has 1 aliphatic heterocycles. The van der Waals surface area contributed by atoms with Gasteiger partial charge in [-0.15, -0.1) is 0 Å². The van der Waals surface area contributed by atoms with Gasteiger partial charge in [0.05, 0.1) is 5.41 Å². The van der Waals surface area contributed by atoms with E-state index in [1.165, 1.54) is 55.3 Å². The minimum absolute atomic E-state index is 0.00411. The lowest BCUT2D eigenvalue weighted by molar-refractivity contribution is -0.158. The fourth-order valence-electron chi connectivity index (χ4n) is 7.39. The number of hydrogen-bond donors (Lipinski definition) is 0. The number of anilines is 1. The van der Waals surface area contributed by atoms with Crippen molar-refractivity contribution < 1.29 is 4.79 Å². The summed E-state index contributed by atoms with van der Waals surface area (Å²) in [4.78, 5) is 18.3. The summed E-state index contributed by atoms with van der Waals surface area (Å²) >= 11 is 0. The molecule has 4 saturated carbocycles. The summed E-state index contributed by atoms with van der Waals surface area (Å²) in [5.41, 5.74) is 3.80. The Balaban J connectivity index is 1.14.